The zero-order valence-corrected chi connectivity index (χ0v) is 16.6. The van der Waals surface area contributed by atoms with Gasteiger partial charge in [-0.3, -0.25) is 4.57 Å². The first-order valence-electron chi connectivity index (χ1n) is 9.35. The number of nitrogens with zero attached hydrogens (tertiary/aromatic N) is 4. The van der Waals surface area contributed by atoms with E-state index in [2.05, 4.69) is 10.1 Å². The molecule has 0 saturated carbocycles. The normalized spacial score (nSPS) is 11.9. The number of hydrogen-bond donors (Lipinski definition) is 0. The highest BCUT2D eigenvalue weighted by atomic mass is 35.5. The lowest BCUT2D eigenvalue weighted by atomic mass is 10.1. The molecule has 0 aliphatic rings. The number of aromatic nitrogens is 4. The van der Waals surface area contributed by atoms with Gasteiger partial charge in [-0.1, -0.05) is 17.7 Å². The zero-order chi connectivity index (χ0) is 21.6. The van der Waals surface area contributed by atoms with Crippen LogP contribution in [0, 0.1) is 0 Å². The molecule has 0 saturated heterocycles. The average molecular weight is 439 g/mol. The van der Waals surface area contributed by atoms with Crippen molar-refractivity contribution in [2.75, 3.05) is 0 Å². The van der Waals surface area contributed by atoms with Gasteiger partial charge in [-0.15, -0.1) is 0 Å². The molecule has 0 N–H and O–H groups in total. The van der Waals surface area contributed by atoms with Gasteiger partial charge in [-0.05, 0) is 66.7 Å². The second-order valence-corrected chi connectivity index (χ2v) is 7.40. The predicted octanol–water partition coefficient (Wildman–Crippen LogP) is 6.55. The summed E-state index contributed by atoms with van der Waals surface area (Å²) in [5, 5.41) is 5.06. The van der Waals surface area contributed by atoms with Crippen LogP contribution in [-0.2, 0) is 6.18 Å². The summed E-state index contributed by atoms with van der Waals surface area (Å²) >= 11 is 5.99. The Morgan fingerprint density at radius 2 is 1.52 bits per heavy atom. The fraction of sp³-hybridized carbons (Fsp3) is 0.0435. The lowest BCUT2D eigenvalue weighted by Crippen LogP contribution is -2.04. The van der Waals surface area contributed by atoms with Crippen LogP contribution in [0.2, 0.25) is 5.02 Å². The fourth-order valence-electron chi connectivity index (χ4n) is 3.49. The molecule has 0 aliphatic carbocycles. The molecule has 0 unspecified atom stereocenters. The van der Waals surface area contributed by atoms with Gasteiger partial charge in [0, 0.05) is 16.3 Å². The van der Waals surface area contributed by atoms with Crippen LogP contribution in [0.15, 0.2) is 85.3 Å². The summed E-state index contributed by atoms with van der Waals surface area (Å²) in [5.41, 5.74) is 4.05. The number of fused-ring (bicyclic) bond motifs is 1. The maximum absolute atomic E-state index is 12.9. The smallest absolute Gasteiger partial charge is 0.299 e. The first-order valence-corrected chi connectivity index (χ1v) is 9.73. The van der Waals surface area contributed by atoms with Gasteiger partial charge in [-0.25, -0.2) is 9.67 Å². The van der Waals surface area contributed by atoms with Crippen LogP contribution in [-0.4, -0.2) is 19.3 Å². The minimum atomic E-state index is -4.37. The lowest BCUT2D eigenvalue weighted by Gasteiger charge is -2.10. The monoisotopic (exact) mass is 438 g/mol. The van der Waals surface area contributed by atoms with E-state index in [4.69, 9.17) is 11.6 Å². The number of hydrogen-bond acceptors (Lipinski definition) is 2. The summed E-state index contributed by atoms with van der Waals surface area (Å²) in [6.45, 7) is 0. The molecule has 0 bridgehead atoms. The van der Waals surface area contributed by atoms with Crippen LogP contribution >= 0.6 is 11.6 Å². The SMILES string of the molecule is FC(F)(F)c1ccc(-n2cnc3ccc(-c4ccnn4-c4ccc(Cl)cc4)cc32)cc1. The zero-order valence-electron chi connectivity index (χ0n) is 15.9. The molecular weight excluding hydrogens is 425 g/mol. The Morgan fingerprint density at radius 3 is 2.23 bits per heavy atom. The molecule has 5 rings (SSSR count). The van der Waals surface area contributed by atoms with Gasteiger partial charge in [0.05, 0.1) is 34.2 Å². The van der Waals surface area contributed by atoms with Crippen molar-refractivity contribution in [1.82, 2.24) is 19.3 Å². The molecule has 4 nitrogen and oxygen atoms in total. The van der Waals surface area contributed by atoms with Crippen LogP contribution in [0.5, 0.6) is 0 Å². The van der Waals surface area contributed by atoms with E-state index in [1.165, 1.54) is 12.1 Å². The summed E-state index contributed by atoms with van der Waals surface area (Å²) in [6, 6.07) is 20.0. The molecule has 0 amide bonds. The minimum absolute atomic E-state index is 0.596. The Labute approximate surface area is 180 Å². The van der Waals surface area contributed by atoms with Crippen LogP contribution in [0.1, 0.15) is 5.56 Å². The molecule has 0 spiro atoms. The Bertz CT molecular complexity index is 1370. The largest absolute Gasteiger partial charge is 0.416 e. The molecule has 154 valence electrons. The average Bonchev–Trinajstić information content (AvgIpc) is 3.40. The van der Waals surface area contributed by atoms with Gasteiger partial charge in [0.2, 0.25) is 0 Å². The number of imidazole rings is 1. The molecule has 0 atom stereocenters. The van der Waals surface area contributed by atoms with Crippen molar-refractivity contribution in [3.8, 4) is 22.6 Å². The van der Waals surface area contributed by atoms with Gasteiger partial charge >= 0.3 is 6.18 Å². The highest BCUT2D eigenvalue weighted by Crippen LogP contribution is 2.31. The van der Waals surface area contributed by atoms with E-state index >= 15 is 0 Å². The molecule has 0 aliphatic heterocycles. The van der Waals surface area contributed by atoms with E-state index in [1.54, 1.807) is 33.9 Å². The number of halogens is 4. The third-order valence-corrected chi connectivity index (χ3v) is 5.28. The topological polar surface area (TPSA) is 35.6 Å². The second kappa shape index (κ2) is 7.28. The summed E-state index contributed by atoms with van der Waals surface area (Å²) < 4.78 is 42.2. The van der Waals surface area contributed by atoms with Crippen LogP contribution in [0.25, 0.3) is 33.7 Å². The third-order valence-electron chi connectivity index (χ3n) is 5.03. The summed E-state index contributed by atoms with van der Waals surface area (Å²) in [5.74, 6) is 0. The van der Waals surface area contributed by atoms with Crippen molar-refractivity contribution in [3.63, 3.8) is 0 Å². The van der Waals surface area contributed by atoms with Crippen molar-refractivity contribution in [2.45, 2.75) is 6.18 Å². The van der Waals surface area contributed by atoms with Gasteiger partial charge in [0.1, 0.15) is 6.33 Å². The Morgan fingerprint density at radius 1 is 0.806 bits per heavy atom. The second-order valence-electron chi connectivity index (χ2n) is 6.97. The van der Waals surface area contributed by atoms with Crippen LogP contribution in [0.3, 0.4) is 0 Å². The van der Waals surface area contributed by atoms with E-state index in [9.17, 15) is 13.2 Å². The number of alkyl halides is 3. The lowest BCUT2D eigenvalue weighted by molar-refractivity contribution is -0.137. The van der Waals surface area contributed by atoms with Crippen molar-refractivity contribution >= 4 is 22.6 Å². The molecular formula is C23H14ClF3N4. The Balaban J connectivity index is 1.58. The summed E-state index contributed by atoms with van der Waals surface area (Å²) in [4.78, 5) is 4.38. The van der Waals surface area contributed by atoms with Crippen LogP contribution in [0.4, 0.5) is 13.2 Å². The molecule has 8 heteroatoms. The quantitative estimate of drug-likeness (QED) is 0.320. The first kappa shape index (κ1) is 19.4. The van der Waals surface area contributed by atoms with Gasteiger partial charge in [-0.2, -0.15) is 18.3 Å². The molecule has 0 fully saturated rings. The number of benzene rings is 3. The molecule has 0 radical (unpaired) electrons. The minimum Gasteiger partial charge on any atom is -0.299 e. The van der Waals surface area contributed by atoms with Gasteiger partial charge < -0.3 is 0 Å². The fourth-order valence-corrected chi connectivity index (χ4v) is 3.62. The molecule has 5 aromatic rings. The Kier molecular flexibility index (Phi) is 4.55. The molecule has 3 aromatic carbocycles. The van der Waals surface area contributed by atoms with Crippen molar-refractivity contribution in [3.05, 3.63) is 95.9 Å². The highest BCUT2D eigenvalue weighted by Gasteiger charge is 2.30. The number of rotatable bonds is 3. The van der Waals surface area contributed by atoms with Crippen molar-refractivity contribution in [1.29, 1.82) is 0 Å². The summed E-state index contributed by atoms with van der Waals surface area (Å²) in [6.07, 6.45) is -1.06. The van der Waals surface area contributed by atoms with Crippen LogP contribution < -0.4 is 0 Å². The Hall–Kier alpha value is -3.58. The van der Waals surface area contributed by atoms with E-state index in [0.29, 0.717) is 10.7 Å². The summed E-state index contributed by atoms with van der Waals surface area (Å²) in [7, 11) is 0. The van der Waals surface area contributed by atoms with Crippen molar-refractivity contribution < 1.29 is 13.2 Å². The van der Waals surface area contributed by atoms with Crippen molar-refractivity contribution in [2.24, 2.45) is 0 Å². The molecule has 31 heavy (non-hydrogen) atoms. The van der Waals surface area contributed by atoms with Gasteiger partial charge in [0.15, 0.2) is 0 Å². The predicted molar refractivity (Wildman–Crippen MR) is 114 cm³/mol. The third kappa shape index (κ3) is 3.57. The van der Waals surface area contributed by atoms with E-state index < -0.39 is 11.7 Å². The molecule has 2 aromatic heterocycles. The standard InChI is InChI=1S/C23H14ClF3N4/c24-17-4-8-19(9-5-17)31-21(11-12-29-31)15-1-10-20-22(13-15)30(14-28-20)18-6-2-16(3-7-18)23(25,26)27/h1-14H. The molecule has 2 heterocycles. The highest BCUT2D eigenvalue weighted by molar-refractivity contribution is 6.30. The van der Waals surface area contributed by atoms with E-state index in [-0.39, 0.29) is 0 Å². The first-order chi connectivity index (χ1) is 14.9. The van der Waals surface area contributed by atoms with E-state index in [0.717, 1.165) is 40.1 Å². The maximum Gasteiger partial charge on any atom is 0.416 e. The van der Waals surface area contributed by atoms with Gasteiger partial charge in [0.25, 0.3) is 0 Å². The van der Waals surface area contributed by atoms with E-state index in [1.807, 2.05) is 36.4 Å². The maximum atomic E-state index is 12.9.